The summed E-state index contributed by atoms with van der Waals surface area (Å²) in [6.07, 6.45) is 44.1. The van der Waals surface area contributed by atoms with E-state index in [4.69, 9.17) is 18.5 Å². The summed E-state index contributed by atoms with van der Waals surface area (Å²) >= 11 is 0. The number of phosphoric ester groups is 1. The molecule has 2 atom stereocenters. The number of hydrogen-bond acceptors (Lipinski definition) is 8. The summed E-state index contributed by atoms with van der Waals surface area (Å²) in [5.74, 6) is -0.814. The SMILES string of the molecule is CCCCCCCCCCCCCCCCCCCCCCC(=O)OC[C@H](COP(=O)([O-])OCC[N+](C)(C)C)OC(=O)CCCCCCCCCCCCCCCCC. The average molecular weight is 860 g/mol. The van der Waals surface area contributed by atoms with E-state index in [1.54, 1.807) is 0 Å². The van der Waals surface area contributed by atoms with Crippen molar-refractivity contribution >= 4 is 19.8 Å². The third kappa shape index (κ3) is 46.3. The number of rotatable bonds is 47. The number of quaternary nitrogens is 1. The first-order chi connectivity index (χ1) is 28.5. The van der Waals surface area contributed by atoms with Crippen LogP contribution in [0.1, 0.15) is 251 Å². The molecular weight excluding hydrogens is 762 g/mol. The maximum atomic E-state index is 12.7. The second-order valence-corrected chi connectivity index (χ2v) is 20.0. The van der Waals surface area contributed by atoms with E-state index in [-0.39, 0.29) is 32.0 Å². The van der Waals surface area contributed by atoms with E-state index < -0.39 is 26.5 Å². The fourth-order valence-electron chi connectivity index (χ4n) is 7.42. The third-order valence-electron chi connectivity index (χ3n) is 11.4. The molecule has 0 aromatic rings. The molecule has 0 spiro atoms. The molecule has 0 saturated carbocycles. The van der Waals surface area contributed by atoms with E-state index in [1.165, 1.54) is 186 Å². The van der Waals surface area contributed by atoms with Crippen molar-refractivity contribution in [2.75, 3.05) is 47.5 Å². The summed E-state index contributed by atoms with van der Waals surface area (Å²) < 4.78 is 34.0. The van der Waals surface area contributed by atoms with Gasteiger partial charge in [-0.1, -0.05) is 226 Å². The Morgan fingerprint density at radius 1 is 0.458 bits per heavy atom. The highest BCUT2D eigenvalue weighted by Gasteiger charge is 2.21. The molecule has 0 aliphatic carbocycles. The van der Waals surface area contributed by atoms with Gasteiger partial charge in [0.15, 0.2) is 6.10 Å². The molecule has 10 heteroatoms. The predicted molar refractivity (Wildman–Crippen MR) is 245 cm³/mol. The van der Waals surface area contributed by atoms with Crippen molar-refractivity contribution in [3.63, 3.8) is 0 Å². The summed E-state index contributed by atoms with van der Waals surface area (Å²) in [4.78, 5) is 37.7. The largest absolute Gasteiger partial charge is 0.756 e. The number of nitrogens with zero attached hydrogens (tertiary/aromatic N) is 1. The first kappa shape index (κ1) is 58.0. The number of esters is 2. The molecule has 0 amide bonds. The van der Waals surface area contributed by atoms with Crippen LogP contribution < -0.4 is 4.89 Å². The van der Waals surface area contributed by atoms with E-state index in [0.29, 0.717) is 17.4 Å². The molecule has 0 aromatic heterocycles. The molecule has 0 N–H and O–H groups in total. The Bertz CT molecular complexity index is 974. The molecule has 0 saturated heterocycles. The Morgan fingerprint density at radius 2 is 0.763 bits per heavy atom. The number of likely N-dealkylation sites (N-methyl/N-ethyl adjacent to an activating group) is 1. The number of phosphoric acid groups is 1. The van der Waals surface area contributed by atoms with Gasteiger partial charge in [0, 0.05) is 12.8 Å². The summed E-state index contributed by atoms with van der Waals surface area (Å²) in [5, 5.41) is 0. The molecule has 0 aliphatic heterocycles. The van der Waals surface area contributed by atoms with Crippen LogP contribution in [0.25, 0.3) is 0 Å². The second-order valence-electron chi connectivity index (χ2n) is 18.6. The predicted octanol–water partition coefficient (Wildman–Crippen LogP) is 14.1. The van der Waals surface area contributed by atoms with Crippen LogP contribution >= 0.6 is 7.82 Å². The highest BCUT2D eigenvalue weighted by Crippen LogP contribution is 2.38. The summed E-state index contributed by atoms with van der Waals surface area (Å²) in [5.41, 5.74) is 0. The van der Waals surface area contributed by atoms with Gasteiger partial charge in [0.25, 0.3) is 7.82 Å². The van der Waals surface area contributed by atoms with Crippen LogP contribution in [0.5, 0.6) is 0 Å². The van der Waals surface area contributed by atoms with Gasteiger partial charge in [-0.15, -0.1) is 0 Å². The molecule has 0 aromatic carbocycles. The van der Waals surface area contributed by atoms with E-state index in [2.05, 4.69) is 13.8 Å². The van der Waals surface area contributed by atoms with Crippen LogP contribution in [0.2, 0.25) is 0 Å². The van der Waals surface area contributed by atoms with Crippen LogP contribution in [0.4, 0.5) is 0 Å². The van der Waals surface area contributed by atoms with Crippen molar-refractivity contribution in [1.82, 2.24) is 0 Å². The Morgan fingerprint density at radius 3 is 1.08 bits per heavy atom. The van der Waals surface area contributed by atoms with Crippen LogP contribution in [-0.4, -0.2) is 70.0 Å². The monoisotopic (exact) mass is 860 g/mol. The number of hydrogen-bond donors (Lipinski definition) is 0. The van der Waals surface area contributed by atoms with Crippen molar-refractivity contribution in [1.29, 1.82) is 0 Å². The number of carbonyl (C=O) groups is 2. The van der Waals surface area contributed by atoms with Crippen molar-refractivity contribution in [3.05, 3.63) is 0 Å². The third-order valence-corrected chi connectivity index (χ3v) is 12.3. The van der Waals surface area contributed by atoms with Crippen LogP contribution in [0, 0.1) is 0 Å². The lowest BCUT2D eigenvalue weighted by Crippen LogP contribution is -2.37. The lowest BCUT2D eigenvalue weighted by Gasteiger charge is -2.28. The molecule has 0 aliphatic rings. The van der Waals surface area contributed by atoms with Crippen molar-refractivity contribution in [2.45, 2.75) is 258 Å². The minimum atomic E-state index is -4.62. The van der Waals surface area contributed by atoms with E-state index >= 15 is 0 Å². The average Bonchev–Trinajstić information content (AvgIpc) is 3.19. The van der Waals surface area contributed by atoms with Crippen LogP contribution in [-0.2, 0) is 32.7 Å². The molecule has 0 fully saturated rings. The second kappa shape index (κ2) is 42.3. The van der Waals surface area contributed by atoms with Gasteiger partial charge in [0.1, 0.15) is 19.8 Å². The Balaban J connectivity index is 4.19. The minimum Gasteiger partial charge on any atom is -0.756 e. The van der Waals surface area contributed by atoms with Crippen molar-refractivity contribution in [2.24, 2.45) is 0 Å². The van der Waals surface area contributed by atoms with Gasteiger partial charge < -0.3 is 27.9 Å². The molecule has 9 nitrogen and oxygen atoms in total. The van der Waals surface area contributed by atoms with Gasteiger partial charge in [-0.25, -0.2) is 0 Å². The number of unbranched alkanes of at least 4 members (excludes halogenated alkanes) is 33. The fraction of sp³-hybridized carbons (Fsp3) is 0.959. The van der Waals surface area contributed by atoms with Gasteiger partial charge in [-0.2, -0.15) is 0 Å². The van der Waals surface area contributed by atoms with Crippen LogP contribution in [0.3, 0.4) is 0 Å². The zero-order valence-electron chi connectivity index (χ0n) is 39.7. The minimum absolute atomic E-state index is 0.0254. The van der Waals surface area contributed by atoms with E-state index in [0.717, 1.165) is 32.1 Å². The normalized spacial score (nSPS) is 13.4. The van der Waals surface area contributed by atoms with Gasteiger partial charge in [0.05, 0.1) is 27.7 Å². The molecule has 352 valence electrons. The highest BCUT2D eigenvalue weighted by molar-refractivity contribution is 7.45. The molecule has 0 bridgehead atoms. The number of carbonyl (C=O) groups excluding carboxylic acids is 2. The maximum absolute atomic E-state index is 12.7. The molecule has 1 unspecified atom stereocenters. The fourth-order valence-corrected chi connectivity index (χ4v) is 8.15. The summed E-state index contributed by atoms with van der Waals surface area (Å²) in [6.45, 7) is 4.29. The zero-order chi connectivity index (χ0) is 43.6. The lowest BCUT2D eigenvalue weighted by molar-refractivity contribution is -0.870. The van der Waals surface area contributed by atoms with E-state index in [9.17, 15) is 19.0 Å². The topological polar surface area (TPSA) is 111 Å². The van der Waals surface area contributed by atoms with Crippen molar-refractivity contribution in [3.8, 4) is 0 Å². The standard InChI is InChI=1S/C49H98NO8P/c1-6-8-10-12-14-16-18-20-22-23-24-25-26-28-29-31-33-35-37-39-41-48(51)55-45-47(46-57-59(53,54)56-44-43-50(3,4)5)58-49(52)42-40-38-36-34-32-30-27-21-19-17-15-13-11-9-7-2/h47H,6-46H2,1-5H3/t47-/m1/s1. The van der Waals surface area contributed by atoms with Gasteiger partial charge in [0.2, 0.25) is 0 Å². The summed E-state index contributed by atoms with van der Waals surface area (Å²) in [7, 11) is 1.19. The zero-order valence-corrected chi connectivity index (χ0v) is 40.6. The Labute approximate surface area is 365 Å². The first-order valence-corrected chi connectivity index (χ1v) is 26.7. The van der Waals surface area contributed by atoms with Gasteiger partial charge in [-0.05, 0) is 12.8 Å². The lowest BCUT2D eigenvalue weighted by atomic mass is 10.0. The molecule has 0 rings (SSSR count). The quantitative estimate of drug-likeness (QED) is 0.0257. The highest BCUT2D eigenvalue weighted by atomic mass is 31.2. The summed E-state index contributed by atoms with van der Waals surface area (Å²) in [6, 6.07) is 0. The molecular formula is C49H98NO8P. The van der Waals surface area contributed by atoms with Crippen LogP contribution in [0.15, 0.2) is 0 Å². The Kier molecular flexibility index (Phi) is 41.6. The van der Waals surface area contributed by atoms with Gasteiger partial charge in [-0.3, -0.25) is 14.2 Å². The van der Waals surface area contributed by atoms with Crippen molar-refractivity contribution < 1.29 is 42.1 Å². The van der Waals surface area contributed by atoms with E-state index in [1.807, 2.05) is 21.1 Å². The number of ether oxygens (including phenoxy) is 2. The maximum Gasteiger partial charge on any atom is 0.306 e. The first-order valence-electron chi connectivity index (χ1n) is 25.2. The molecule has 59 heavy (non-hydrogen) atoms. The smallest absolute Gasteiger partial charge is 0.306 e. The Hall–Kier alpha value is -0.990. The molecule has 0 heterocycles. The molecule has 0 radical (unpaired) electrons. The van der Waals surface area contributed by atoms with Gasteiger partial charge >= 0.3 is 11.9 Å².